The van der Waals surface area contributed by atoms with Gasteiger partial charge >= 0.3 is 55.6 Å². The number of hydrogen-bond acceptors (Lipinski definition) is 2. The molecule has 0 aliphatic heterocycles. The summed E-state index contributed by atoms with van der Waals surface area (Å²) < 4.78 is 402. The Balaban J connectivity index is 1.31. The zero-order chi connectivity index (χ0) is 74.5. The van der Waals surface area contributed by atoms with E-state index in [-0.39, 0.29) is 94.3 Å². The van der Waals surface area contributed by atoms with Crippen molar-refractivity contribution in [2.45, 2.75) is 55.6 Å². The Morgan fingerprint density at radius 1 is 0.206 bits per heavy atom. The molecule has 0 aliphatic rings. The van der Waals surface area contributed by atoms with Crippen LogP contribution in [0.15, 0.2) is 176 Å². The fourth-order valence-corrected chi connectivity index (χ4v) is 12.1. The fourth-order valence-electron chi connectivity index (χ4n) is 12.1. The minimum atomic E-state index is -6.03. The van der Waals surface area contributed by atoms with E-state index < -0.39 is 206 Å². The summed E-state index contributed by atoms with van der Waals surface area (Å²) in [6.07, 6.45) is -50.4. The molecule has 102 heavy (non-hydrogen) atoms. The predicted molar refractivity (Wildman–Crippen MR) is 317 cm³/mol. The number of nitrogens with zero attached hydrogens (tertiary/aromatic N) is 4. The van der Waals surface area contributed by atoms with Gasteiger partial charge < -0.3 is 9.13 Å². The van der Waals surface area contributed by atoms with Gasteiger partial charge in [0.25, 0.3) is 0 Å². The number of benzene rings is 10. The zero-order valence-electron chi connectivity index (χ0n) is 49.7. The molecule has 522 valence electrons. The molecule has 0 saturated carbocycles. The number of rotatable bonds is 7. The molecule has 0 aliphatic carbocycles. The van der Waals surface area contributed by atoms with Crippen molar-refractivity contribution in [1.29, 1.82) is 10.5 Å². The molecule has 2 aromatic heterocycles. The summed E-state index contributed by atoms with van der Waals surface area (Å²) in [6.45, 7) is 0. The molecule has 4 nitrogen and oxygen atoms in total. The van der Waals surface area contributed by atoms with Crippen LogP contribution in [-0.4, -0.2) is 9.13 Å². The van der Waals surface area contributed by atoms with Gasteiger partial charge in [0.15, 0.2) is 0 Å². The Bertz CT molecular complexity index is 4810. The predicted octanol–water partition coefficient (Wildman–Crippen LogP) is 25.1. The quantitative estimate of drug-likeness (QED) is 0.149. The van der Waals surface area contributed by atoms with Crippen LogP contribution in [0.1, 0.15) is 61.2 Å². The second-order valence-electron chi connectivity index (χ2n) is 23.2. The summed E-state index contributed by atoms with van der Waals surface area (Å²) in [4.78, 5) is 0. The molecule has 0 N–H and O–H groups in total. The molecule has 12 rings (SSSR count). The Morgan fingerprint density at radius 2 is 0.402 bits per heavy atom. The third-order valence-electron chi connectivity index (χ3n) is 16.6. The Labute approximate surface area is 552 Å². The summed E-state index contributed by atoms with van der Waals surface area (Å²) in [5.74, 6) is 0. The maximum absolute atomic E-state index is 17.5. The fraction of sp³-hybridized carbons (Fsp3) is 0.127. The molecular formula is C71H29F27N4. The molecule has 0 atom stereocenters. The number of nitriles is 2. The van der Waals surface area contributed by atoms with Gasteiger partial charge in [-0.15, -0.1) is 0 Å². The average Bonchev–Trinajstić information content (AvgIpc) is 1.53. The van der Waals surface area contributed by atoms with E-state index in [0.717, 1.165) is 91.0 Å². The van der Waals surface area contributed by atoms with Crippen molar-refractivity contribution < 1.29 is 119 Å². The first-order chi connectivity index (χ1) is 47.1. The molecule has 2 heterocycles. The molecule has 0 amide bonds. The smallest absolute Gasteiger partial charge is 0.308 e. The van der Waals surface area contributed by atoms with Gasteiger partial charge in [0.2, 0.25) is 0 Å². The third kappa shape index (κ3) is 13.3. The van der Waals surface area contributed by atoms with Gasteiger partial charge in [-0.25, -0.2) is 0 Å². The molecule has 0 radical (unpaired) electrons. The zero-order valence-corrected chi connectivity index (χ0v) is 49.7. The van der Waals surface area contributed by atoms with Gasteiger partial charge in [-0.1, -0.05) is 48.5 Å². The molecule has 0 unspecified atom stereocenters. The molecule has 0 spiro atoms. The van der Waals surface area contributed by atoms with Crippen LogP contribution >= 0.6 is 0 Å². The van der Waals surface area contributed by atoms with Crippen LogP contribution < -0.4 is 0 Å². The molecule has 0 saturated heterocycles. The lowest BCUT2D eigenvalue weighted by atomic mass is 9.96. The molecular weight excluding hydrogens is 1420 g/mol. The van der Waals surface area contributed by atoms with Crippen LogP contribution in [0.3, 0.4) is 0 Å². The first-order valence-corrected chi connectivity index (χ1v) is 28.7. The SMILES string of the molecule is N#Cc1cc(C#N)cc(-c2cc(-n3c4cc(-c5cc(C(F)(F)F)cc(C(F)(F)F)c5)ccc4c4ccc(-c5cc(C(F)(F)F)cc(C(F)(F)F)c5)cc43)c(C(F)(F)F)c(-n3c4cc(-c5cc(C(F)(F)F)cc(C(F)(F)F)c5)ccc4c4ccc(-c5cc(C(F)(F)F)cc(C(F)(F)F)c5)cc43)c2)c1. The van der Waals surface area contributed by atoms with Gasteiger partial charge in [-0.3, -0.25) is 0 Å². The number of aromatic nitrogens is 2. The van der Waals surface area contributed by atoms with Gasteiger partial charge in [0.1, 0.15) is 5.56 Å². The van der Waals surface area contributed by atoms with Crippen molar-refractivity contribution in [3.8, 4) is 79.1 Å². The van der Waals surface area contributed by atoms with E-state index in [4.69, 9.17) is 0 Å². The third-order valence-corrected chi connectivity index (χ3v) is 16.6. The standard InChI is InChI=1S/C71H29F27N4/c72-63(73,74)44-12-39(13-45(26-44)64(75,76)77)34-1-5-52-53-6-2-35(40-14-46(65(78,79)80)27-47(15-40)66(81,82)83)21-57(53)101(56(52)20-34)60-24-43(38-10-32(30-99)9-33(11-38)31-100)25-61(62(60)71(96,97)98)102-58-22-36(41-16-48(67(84,85)86)28-49(17-41)68(87,88)89)3-7-54(58)55-8-4-37(23-59(55)102)42-18-50(69(90,91)92)29-51(19-42)70(93,94)95/h1-29H. The van der Waals surface area contributed by atoms with E-state index in [1.807, 2.05) is 0 Å². The minimum absolute atomic E-state index is 0.208. The summed E-state index contributed by atoms with van der Waals surface area (Å²) in [5, 5.41) is 19.1. The van der Waals surface area contributed by atoms with Crippen LogP contribution in [0, 0.1) is 22.7 Å². The molecule has 0 fully saturated rings. The highest BCUT2D eigenvalue weighted by Gasteiger charge is 2.44. The first kappa shape index (κ1) is 70.7. The lowest BCUT2D eigenvalue weighted by Gasteiger charge is -2.24. The normalized spacial score (nSPS) is 13.2. The van der Waals surface area contributed by atoms with Crippen molar-refractivity contribution in [2.75, 3.05) is 0 Å². The van der Waals surface area contributed by atoms with Gasteiger partial charge in [-0.05, 0) is 183 Å². The second-order valence-corrected chi connectivity index (χ2v) is 23.2. The second kappa shape index (κ2) is 23.8. The number of hydrogen-bond donors (Lipinski definition) is 0. The lowest BCUT2D eigenvalue weighted by Crippen LogP contribution is -2.16. The Morgan fingerprint density at radius 3 is 0.588 bits per heavy atom. The minimum Gasteiger partial charge on any atom is -0.308 e. The number of halogens is 27. The van der Waals surface area contributed by atoms with Crippen molar-refractivity contribution in [3.05, 3.63) is 237 Å². The highest BCUT2D eigenvalue weighted by molar-refractivity contribution is 6.13. The Kier molecular flexibility index (Phi) is 16.5. The van der Waals surface area contributed by atoms with E-state index in [9.17, 15) is 116 Å². The summed E-state index contributed by atoms with van der Waals surface area (Å²) in [5.41, 5.74) is -31.2. The van der Waals surface area contributed by atoms with Crippen LogP contribution in [0.25, 0.3) is 111 Å². The van der Waals surface area contributed by atoms with Crippen molar-refractivity contribution in [3.63, 3.8) is 0 Å². The highest BCUT2D eigenvalue weighted by Crippen LogP contribution is 2.51. The topological polar surface area (TPSA) is 57.4 Å². The summed E-state index contributed by atoms with van der Waals surface area (Å²) in [6, 6.07) is 18.4. The van der Waals surface area contributed by atoms with Crippen molar-refractivity contribution in [2.24, 2.45) is 0 Å². The monoisotopic (exact) mass is 1450 g/mol. The van der Waals surface area contributed by atoms with Gasteiger partial charge in [0, 0.05) is 21.5 Å². The number of fused-ring (bicyclic) bond motifs is 6. The molecule has 12 aromatic rings. The van der Waals surface area contributed by atoms with E-state index in [0.29, 0.717) is 21.3 Å². The largest absolute Gasteiger partial charge is 0.420 e. The molecule has 31 heteroatoms. The van der Waals surface area contributed by atoms with Gasteiger partial charge in [-0.2, -0.15) is 129 Å². The first-order valence-electron chi connectivity index (χ1n) is 28.7. The Hall–Kier alpha value is -11.1. The molecule has 0 bridgehead atoms. The van der Waals surface area contributed by atoms with Crippen LogP contribution in [0.5, 0.6) is 0 Å². The van der Waals surface area contributed by atoms with E-state index in [2.05, 4.69) is 0 Å². The maximum Gasteiger partial charge on any atom is 0.420 e. The van der Waals surface area contributed by atoms with E-state index in [1.54, 1.807) is 12.1 Å². The van der Waals surface area contributed by atoms with Crippen molar-refractivity contribution >= 4 is 43.6 Å². The van der Waals surface area contributed by atoms with E-state index in [1.165, 1.54) is 0 Å². The average molecular weight is 1450 g/mol. The van der Waals surface area contributed by atoms with Crippen LogP contribution in [-0.2, 0) is 55.6 Å². The van der Waals surface area contributed by atoms with Crippen LogP contribution in [0.4, 0.5) is 119 Å². The summed E-state index contributed by atoms with van der Waals surface area (Å²) in [7, 11) is 0. The number of alkyl halides is 27. The summed E-state index contributed by atoms with van der Waals surface area (Å²) >= 11 is 0. The van der Waals surface area contributed by atoms with Crippen molar-refractivity contribution in [1.82, 2.24) is 9.13 Å². The van der Waals surface area contributed by atoms with Crippen LogP contribution in [0.2, 0.25) is 0 Å². The lowest BCUT2D eigenvalue weighted by molar-refractivity contribution is -0.144. The van der Waals surface area contributed by atoms with Gasteiger partial charge in [0.05, 0.1) is 101 Å². The van der Waals surface area contributed by atoms with E-state index >= 15 is 13.2 Å². The maximum atomic E-state index is 17.5. The molecule has 10 aromatic carbocycles. The highest BCUT2D eigenvalue weighted by atomic mass is 19.4.